The smallest absolute Gasteiger partial charge is 0.290 e. The maximum Gasteiger partial charge on any atom is 0.397 e. The van der Waals surface area contributed by atoms with Crippen molar-refractivity contribution in [3.05, 3.63) is 36.0 Å². The Labute approximate surface area is 199 Å². The maximum absolute atomic E-state index is 12.0. The average molecular weight is 477 g/mol. The molecular weight excluding hydrogens is 436 g/mol. The summed E-state index contributed by atoms with van der Waals surface area (Å²) >= 11 is 0. The van der Waals surface area contributed by atoms with Crippen molar-refractivity contribution in [2.75, 3.05) is 6.61 Å². The Balaban J connectivity index is 1.41. The quantitative estimate of drug-likeness (QED) is 0.363. The molecule has 4 aliphatic carbocycles. The molecule has 33 heavy (non-hydrogen) atoms. The van der Waals surface area contributed by atoms with Crippen LogP contribution in [0.2, 0.25) is 0 Å². The van der Waals surface area contributed by atoms with Gasteiger partial charge in [-0.25, -0.2) is 4.18 Å². The van der Waals surface area contributed by atoms with Crippen molar-refractivity contribution in [3.8, 4) is 0 Å². The van der Waals surface area contributed by atoms with Gasteiger partial charge in [-0.15, -0.1) is 0 Å². The first-order valence-corrected chi connectivity index (χ1v) is 14.0. The van der Waals surface area contributed by atoms with E-state index < -0.39 is 10.4 Å². The van der Waals surface area contributed by atoms with E-state index in [1.54, 1.807) is 6.08 Å². The molecule has 184 valence electrons. The summed E-state index contributed by atoms with van der Waals surface area (Å²) in [6.07, 6.45) is 18.5. The van der Waals surface area contributed by atoms with Gasteiger partial charge in [-0.2, -0.15) is 8.42 Å². The number of rotatable bonds is 7. The molecule has 8 atom stereocenters. The van der Waals surface area contributed by atoms with E-state index in [-0.39, 0.29) is 23.7 Å². The third kappa shape index (κ3) is 4.81. The molecule has 0 aromatic heterocycles. The van der Waals surface area contributed by atoms with Crippen LogP contribution in [-0.4, -0.2) is 25.4 Å². The number of hydrogen-bond acceptors (Lipinski definition) is 4. The highest BCUT2D eigenvalue weighted by Gasteiger charge is 2.58. The molecule has 5 nitrogen and oxygen atoms in total. The second kappa shape index (κ2) is 9.09. The third-order valence-corrected chi connectivity index (χ3v) is 10.2. The second-order valence-corrected chi connectivity index (χ2v) is 12.8. The van der Waals surface area contributed by atoms with Crippen molar-refractivity contribution in [3.63, 3.8) is 0 Å². The van der Waals surface area contributed by atoms with Crippen molar-refractivity contribution in [2.45, 2.75) is 72.6 Å². The Morgan fingerprint density at radius 3 is 2.67 bits per heavy atom. The summed E-state index contributed by atoms with van der Waals surface area (Å²) < 4.78 is 34.8. The lowest BCUT2D eigenvalue weighted by molar-refractivity contribution is -0.111. The molecule has 1 N–H and O–H groups in total. The van der Waals surface area contributed by atoms with E-state index in [1.165, 1.54) is 37.7 Å². The highest BCUT2D eigenvalue weighted by molar-refractivity contribution is 7.80. The molecule has 0 spiro atoms. The third-order valence-electron chi connectivity index (χ3n) is 9.74. The normalized spacial score (nSPS) is 40.2. The summed E-state index contributed by atoms with van der Waals surface area (Å²) in [5.74, 6) is 3.46. The Morgan fingerprint density at radius 1 is 1.18 bits per heavy atom. The Bertz CT molecular complexity index is 963. The van der Waals surface area contributed by atoms with Gasteiger partial charge in [0.1, 0.15) is 0 Å². The fourth-order valence-corrected chi connectivity index (χ4v) is 8.44. The standard InChI is InChI=1S/C27H40O5S/c1-18(17-32-33(29,30)31)6-5-7-19(2)23-10-11-24-22-9-8-20-16-21(28)12-14-26(20,3)25(22)13-15-27(23,24)4/h5,7,12,14,16,18-19,22-25H,6,8-11,13,15,17H2,1-4H3,(H,29,30,31)/b7-5+/t18-,19+,22-,23+,24-,25-,26-,27+/m0/s1. The van der Waals surface area contributed by atoms with Gasteiger partial charge in [0.05, 0.1) is 6.61 Å². The van der Waals surface area contributed by atoms with Crippen LogP contribution < -0.4 is 0 Å². The fourth-order valence-electron chi connectivity index (χ4n) is 8.03. The minimum Gasteiger partial charge on any atom is -0.290 e. The van der Waals surface area contributed by atoms with E-state index in [4.69, 9.17) is 4.55 Å². The number of ketones is 1. The lowest BCUT2D eigenvalue weighted by Gasteiger charge is -2.57. The fraction of sp³-hybridized carbons (Fsp3) is 0.741. The van der Waals surface area contributed by atoms with E-state index >= 15 is 0 Å². The lowest BCUT2D eigenvalue weighted by atomic mass is 9.47. The van der Waals surface area contributed by atoms with Crippen LogP contribution in [0, 0.1) is 46.3 Å². The van der Waals surface area contributed by atoms with Gasteiger partial charge in [-0.05, 0) is 98.0 Å². The molecule has 0 radical (unpaired) electrons. The predicted molar refractivity (Wildman–Crippen MR) is 130 cm³/mol. The molecule has 4 aliphatic rings. The van der Waals surface area contributed by atoms with E-state index in [2.05, 4.69) is 43.2 Å². The van der Waals surface area contributed by atoms with Gasteiger partial charge in [-0.3, -0.25) is 9.35 Å². The minimum atomic E-state index is -4.37. The first kappa shape index (κ1) is 24.9. The Kier molecular flexibility index (Phi) is 6.85. The number of fused-ring (bicyclic) bond motifs is 5. The van der Waals surface area contributed by atoms with Gasteiger partial charge >= 0.3 is 10.4 Å². The van der Waals surface area contributed by atoms with Crippen LogP contribution in [0.3, 0.4) is 0 Å². The lowest BCUT2D eigenvalue weighted by Crippen LogP contribution is -2.50. The van der Waals surface area contributed by atoms with Gasteiger partial charge in [0.15, 0.2) is 5.78 Å². The van der Waals surface area contributed by atoms with Crippen LogP contribution in [0.25, 0.3) is 0 Å². The molecule has 0 saturated heterocycles. The Morgan fingerprint density at radius 2 is 1.94 bits per heavy atom. The van der Waals surface area contributed by atoms with Crippen LogP contribution in [-0.2, 0) is 19.4 Å². The van der Waals surface area contributed by atoms with Crippen molar-refractivity contribution in [2.24, 2.45) is 46.3 Å². The van der Waals surface area contributed by atoms with E-state index in [9.17, 15) is 13.2 Å². The van der Waals surface area contributed by atoms with Crippen LogP contribution in [0.1, 0.15) is 72.6 Å². The SMILES string of the molecule is C[C@@H](C/C=C/[C@@H](C)[C@H]1CC[C@H]2[C@@H]3CCC4=CC(=O)C=C[C@]4(C)[C@H]3CC[C@]12C)COS(=O)(=O)O. The summed E-state index contributed by atoms with van der Waals surface area (Å²) in [5.41, 5.74) is 1.77. The number of carbonyl (C=O) groups excluding carboxylic acids is 1. The number of allylic oxidation sites excluding steroid dienone is 6. The van der Waals surface area contributed by atoms with Gasteiger partial charge in [-0.1, -0.05) is 51.5 Å². The Hall–Kier alpha value is -1.24. The van der Waals surface area contributed by atoms with Crippen molar-refractivity contribution in [1.29, 1.82) is 0 Å². The van der Waals surface area contributed by atoms with Gasteiger partial charge in [0, 0.05) is 5.41 Å². The summed E-state index contributed by atoms with van der Waals surface area (Å²) in [6.45, 7) is 9.16. The highest BCUT2D eigenvalue weighted by Crippen LogP contribution is 2.66. The molecule has 6 heteroatoms. The number of carbonyl (C=O) groups is 1. The van der Waals surface area contributed by atoms with E-state index in [0.717, 1.165) is 24.7 Å². The van der Waals surface area contributed by atoms with Crippen LogP contribution in [0.5, 0.6) is 0 Å². The predicted octanol–water partition coefficient (Wildman–Crippen LogP) is 5.95. The van der Waals surface area contributed by atoms with Crippen molar-refractivity contribution in [1.82, 2.24) is 0 Å². The summed E-state index contributed by atoms with van der Waals surface area (Å²) in [4.78, 5) is 12.0. The highest BCUT2D eigenvalue weighted by atomic mass is 32.3. The van der Waals surface area contributed by atoms with Gasteiger partial charge < -0.3 is 0 Å². The van der Waals surface area contributed by atoms with E-state index in [1.807, 2.05) is 13.0 Å². The summed E-state index contributed by atoms with van der Waals surface area (Å²) in [6, 6.07) is 0. The zero-order valence-corrected chi connectivity index (χ0v) is 21.3. The van der Waals surface area contributed by atoms with Crippen molar-refractivity contribution < 1.29 is 21.9 Å². The molecule has 0 unspecified atom stereocenters. The zero-order valence-electron chi connectivity index (χ0n) is 20.5. The second-order valence-electron chi connectivity index (χ2n) is 11.7. The molecule has 0 amide bonds. The zero-order chi connectivity index (χ0) is 24.0. The topological polar surface area (TPSA) is 80.7 Å². The minimum absolute atomic E-state index is 0.000906. The maximum atomic E-state index is 12.0. The molecule has 0 aromatic rings. The van der Waals surface area contributed by atoms with Crippen LogP contribution >= 0.6 is 0 Å². The monoisotopic (exact) mass is 476 g/mol. The van der Waals surface area contributed by atoms with Gasteiger partial charge in [0.25, 0.3) is 0 Å². The van der Waals surface area contributed by atoms with Crippen LogP contribution in [0.15, 0.2) is 36.0 Å². The van der Waals surface area contributed by atoms with Crippen LogP contribution in [0.4, 0.5) is 0 Å². The number of hydrogen-bond donors (Lipinski definition) is 1. The molecule has 3 saturated carbocycles. The largest absolute Gasteiger partial charge is 0.397 e. The molecule has 0 aliphatic heterocycles. The van der Waals surface area contributed by atoms with Crippen molar-refractivity contribution >= 4 is 16.2 Å². The molecule has 0 heterocycles. The van der Waals surface area contributed by atoms with E-state index in [0.29, 0.717) is 23.2 Å². The first-order valence-electron chi connectivity index (χ1n) is 12.7. The first-order chi connectivity index (χ1) is 15.4. The summed E-state index contributed by atoms with van der Waals surface area (Å²) in [7, 11) is -4.37. The molecule has 0 aromatic carbocycles. The molecule has 0 bridgehead atoms. The summed E-state index contributed by atoms with van der Waals surface area (Å²) in [5, 5.41) is 0. The average Bonchev–Trinajstić information content (AvgIpc) is 3.09. The molecule has 4 rings (SSSR count). The molecule has 3 fully saturated rings. The molecular formula is C27H40O5S. The van der Waals surface area contributed by atoms with Gasteiger partial charge in [0.2, 0.25) is 0 Å².